The maximum Gasteiger partial charge on any atom is 0.170 e. The first-order chi connectivity index (χ1) is 9.55. The van der Waals surface area contributed by atoms with Crippen molar-refractivity contribution in [1.29, 1.82) is 0 Å². The lowest BCUT2D eigenvalue weighted by Gasteiger charge is -2.06. The highest BCUT2D eigenvalue weighted by Crippen LogP contribution is 2.24. The van der Waals surface area contributed by atoms with Crippen molar-refractivity contribution in [2.75, 3.05) is 7.11 Å². The Labute approximate surface area is 126 Å². The van der Waals surface area contributed by atoms with Crippen LogP contribution in [0.25, 0.3) is 0 Å². The number of carbonyl (C=O) groups excluding carboxylic acids is 1. The van der Waals surface area contributed by atoms with Gasteiger partial charge in [0.1, 0.15) is 5.75 Å². The SMILES string of the molecule is CCc1nn(C)cc1C(=O)Cc1cc(OC)ccc1Br. The van der Waals surface area contributed by atoms with Gasteiger partial charge in [-0.05, 0) is 30.2 Å². The maximum absolute atomic E-state index is 12.4. The lowest BCUT2D eigenvalue weighted by atomic mass is 10.0. The maximum atomic E-state index is 12.4. The third-order valence-corrected chi connectivity index (χ3v) is 3.92. The second-order valence-corrected chi connectivity index (χ2v) is 5.43. The first-order valence-corrected chi connectivity index (χ1v) is 7.22. The lowest BCUT2D eigenvalue weighted by Crippen LogP contribution is -2.06. The van der Waals surface area contributed by atoms with E-state index in [0.717, 1.165) is 27.9 Å². The molecule has 1 aromatic heterocycles. The van der Waals surface area contributed by atoms with E-state index < -0.39 is 0 Å². The number of Topliss-reactive ketones (excluding diaryl/α,β-unsaturated/α-hetero) is 1. The van der Waals surface area contributed by atoms with Crippen molar-refractivity contribution in [2.24, 2.45) is 7.05 Å². The highest BCUT2D eigenvalue weighted by Gasteiger charge is 2.16. The van der Waals surface area contributed by atoms with Crippen molar-refractivity contribution in [1.82, 2.24) is 9.78 Å². The molecule has 106 valence electrons. The van der Waals surface area contributed by atoms with Crippen LogP contribution >= 0.6 is 15.9 Å². The second kappa shape index (κ2) is 6.22. The molecule has 0 atom stereocenters. The Bertz CT molecular complexity index is 635. The molecule has 0 aliphatic carbocycles. The summed E-state index contributed by atoms with van der Waals surface area (Å²) in [5.41, 5.74) is 2.46. The van der Waals surface area contributed by atoms with Crippen LogP contribution in [0.4, 0.5) is 0 Å². The van der Waals surface area contributed by atoms with Gasteiger partial charge in [0, 0.05) is 24.1 Å². The molecule has 2 aromatic rings. The van der Waals surface area contributed by atoms with Crippen molar-refractivity contribution in [3.63, 3.8) is 0 Å². The minimum atomic E-state index is 0.0731. The molecule has 1 heterocycles. The number of hydrogen-bond acceptors (Lipinski definition) is 3. The number of carbonyl (C=O) groups is 1. The third kappa shape index (κ3) is 3.10. The summed E-state index contributed by atoms with van der Waals surface area (Å²) < 4.78 is 7.80. The Balaban J connectivity index is 2.27. The molecule has 4 nitrogen and oxygen atoms in total. The van der Waals surface area contributed by atoms with E-state index >= 15 is 0 Å². The minimum absolute atomic E-state index is 0.0731. The van der Waals surface area contributed by atoms with E-state index in [4.69, 9.17) is 4.74 Å². The molecule has 0 amide bonds. The van der Waals surface area contributed by atoms with E-state index in [-0.39, 0.29) is 5.78 Å². The van der Waals surface area contributed by atoms with Crippen LogP contribution in [0.2, 0.25) is 0 Å². The number of halogens is 1. The van der Waals surface area contributed by atoms with E-state index in [0.29, 0.717) is 12.0 Å². The Hall–Kier alpha value is -1.62. The van der Waals surface area contributed by atoms with Gasteiger partial charge in [0.25, 0.3) is 0 Å². The fourth-order valence-corrected chi connectivity index (χ4v) is 2.50. The number of rotatable bonds is 5. The van der Waals surface area contributed by atoms with Crippen molar-refractivity contribution in [3.05, 3.63) is 45.7 Å². The predicted molar refractivity (Wildman–Crippen MR) is 81.3 cm³/mol. The van der Waals surface area contributed by atoms with Gasteiger partial charge in [0.2, 0.25) is 0 Å². The van der Waals surface area contributed by atoms with Gasteiger partial charge in [-0.3, -0.25) is 9.48 Å². The lowest BCUT2D eigenvalue weighted by molar-refractivity contribution is 0.0992. The largest absolute Gasteiger partial charge is 0.497 e. The quantitative estimate of drug-likeness (QED) is 0.787. The Kier molecular flexibility index (Phi) is 4.60. The third-order valence-electron chi connectivity index (χ3n) is 3.14. The van der Waals surface area contributed by atoms with Crippen LogP contribution in [-0.2, 0) is 19.9 Å². The van der Waals surface area contributed by atoms with Crippen molar-refractivity contribution >= 4 is 21.7 Å². The molecule has 0 saturated heterocycles. The molecule has 0 spiro atoms. The molecule has 2 rings (SSSR count). The first-order valence-electron chi connectivity index (χ1n) is 6.43. The smallest absolute Gasteiger partial charge is 0.170 e. The average molecular weight is 337 g/mol. The molecule has 0 saturated carbocycles. The molecular weight excluding hydrogens is 320 g/mol. The summed E-state index contributed by atoms with van der Waals surface area (Å²) in [6.07, 6.45) is 2.87. The number of nitrogens with zero attached hydrogens (tertiary/aromatic N) is 2. The number of aromatic nitrogens is 2. The van der Waals surface area contributed by atoms with Crippen LogP contribution in [0.5, 0.6) is 5.75 Å². The van der Waals surface area contributed by atoms with Crippen molar-refractivity contribution < 1.29 is 9.53 Å². The number of methoxy groups -OCH3 is 1. The molecule has 5 heteroatoms. The van der Waals surface area contributed by atoms with Crippen LogP contribution in [0, 0.1) is 0 Å². The molecule has 0 unspecified atom stereocenters. The zero-order valence-electron chi connectivity index (χ0n) is 11.8. The predicted octanol–water partition coefficient (Wildman–Crippen LogP) is 3.18. The van der Waals surface area contributed by atoms with E-state index in [2.05, 4.69) is 21.0 Å². The Morgan fingerprint density at radius 1 is 1.45 bits per heavy atom. The van der Waals surface area contributed by atoms with Gasteiger partial charge in [0.05, 0.1) is 18.4 Å². The average Bonchev–Trinajstić information content (AvgIpc) is 2.82. The highest BCUT2D eigenvalue weighted by atomic mass is 79.9. The van der Waals surface area contributed by atoms with Gasteiger partial charge < -0.3 is 4.74 Å². The van der Waals surface area contributed by atoms with E-state index in [1.807, 2.05) is 32.2 Å². The highest BCUT2D eigenvalue weighted by molar-refractivity contribution is 9.10. The van der Waals surface area contributed by atoms with Gasteiger partial charge >= 0.3 is 0 Å². The van der Waals surface area contributed by atoms with Crippen LogP contribution in [0.15, 0.2) is 28.9 Å². The number of hydrogen-bond donors (Lipinski definition) is 0. The fraction of sp³-hybridized carbons (Fsp3) is 0.333. The summed E-state index contributed by atoms with van der Waals surface area (Å²) in [5.74, 6) is 0.821. The Morgan fingerprint density at radius 3 is 2.85 bits per heavy atom. The van der Waals surface area contributed by atoms with Crippen LogP contribution in [0.1, 0.15) is 28.5 Å². The van der Waals surface area contributed by atoms with Crippen LogP contribution in [-0.4, -0.2) is 22.7 Å². The molecule has 0 fully saturated rings. The number of benzene rings is 1. The van der Waals surface area contributed by atoms with E-state index in [1.54, 1.807) is 18.0 Å². The summed E-state index contributed by atoms with van der Waals surface area (Å²) in [4.78, 5) is 12.4. The topological polar surface area (TPSA) is 44.1 Å². The molecule has 20 heavy (non-hydrogen) atoms. The van der Waals surface area contributed by atoms with Gasteiger partial charge in [-0.15, -0.1) is 0 Å². The number of ketones is 1. The fourth-order valence-electron chi connectivity index (χ4n) is 2.11. The first kappa shape index (κ1) is 14.8. The molecule has 0 aliphatic heterocycles. The van der Waals surface area contributed by atoms with Gasteiger partial charge in [-0.1, -0.05) is 22.9 Å². The minimum Gasteiger partial charge on any atom is -0.497 e. The van der Waals surface area contributed by atoms with Crippen LogP contribution in [0.3, 0.4) is 0 Å². The van der Waals surface area contributed by atoms with E-state index in [9.17, 15) is 4.79 Å². The summed E-state index contributed by atoms with van der Waals surface area (Å²) in [7, 11) is 3.45. The standard InChI is InChI=1S/C15H17BrN2O2/c1-4-14-12(9-18(2)17-14)15(19)8-10-7-11(20-3)5-6-13(10)16/h5-7,9H,4,8H2,1-3H3. The monoisotopic (exact) mass is 336 g/mol. The summed E-state index contributed by atoms with van der Waals surface area (Å²) in [6, 6.07) is 5.63. The van der Waals surface area contributed by atoms with Gasteiger partial charge in [-0.25, -0.2) is 0 Å². The van der Waals surface area contributed by atoms with E-state index in [1.165, 1.54) is 0 Å². The summed E-state index contributed by atoms with van der Waals surface area (Å²) >= 11 is 3.47. The van der Waals surface area contributed by atoms with Crippen LogP contribution < -0.4 is 4.74 Å². The second-order valence-electron chi connectivity index (χ2n) is 4.57. The summed E-state index contributed by atoms with van der Waals surface area (Å²) in [5, 5.41) is 4.31. The zero-order chi connectivity index (χ0) is 14.7. The molecule has 0 N–H and O–H groups in total. The van der Waals surface area contributed by atoms with Gasteiger partial charge in [0.15, 0.2) is 5.78 Å². The molecule has 0 aliphatic rings. The normalized spacial score (nSPS) is 10.6. The molecule has 1 aromatic carbocycles. The van der Waals surface area contributed by atoms with Crippen molar-refractivity contribution in [3.8, 4) is 5.75 Å². The van der Waals surface area contributed by atoms with Crippen molar-refractivity contribution in [2.45, 2.75) is 19.8 Å². The molecule has 0 radical (unpaired) electrons. The zero-order valence-corrected chi connectivity index (χ0v) is 13.4. The number of aryl methyl sites for hydroxylation is 2. The van der Waals surface area contributed by atoms with Gasteiger partial charge in [-0.2, -0.15) is 5.10 Å². The molecular formula is C15H17BrN2O2. The summed E-state index contributed by atoms with van der Waals surface area (Å²) in [6.45, 7) is 2.00. The number of ether oxygens (including phenoxy) is 1. The Morgan fingerprint density at radius 2 is 2.20 bits per heavy atom. The molecule has 0 bridgehead atoms.